The van der Waals surface area contributed by atoms with E-state index in [-0.39, 0.29) is 0 Å². The standard InChI is InChI=1S/C15H31N5/c1-17-7-3-5-14(17)13-19-9-11-20(12-10-19)16-15-6-4-8-18(15)2/h14-16H,3-13H2,1-2H3/t14-,15-/m0/s1. The van der Waals surface area contributed by atoms with Gasteiger partial charge in [0.15, 0.2) is 0 Å². The van der Waals surface area contributed by atoms with Crippen molar-refractivity contribution in [1.82, 2.24) is 25.1 Å². The Labute approximate surface area is 123 Å². The van der Waals surface area contributed by atoms with Gasteiger partial charge in [0.2, 0.25) is 0 Å². The van der Waals surface area contributed by atoms with Crippen LogP contribution in [0, 0.1) is 0 Å². The molecule has 0 aromatic heterocycles. The second kappa shape index (κ2) is 6.71. The average Bonchev–Trinajstić information content (AvgIpc) is 3.02. The van der Waals surface area contributed by atoms with Crippen LogP contribution in [0.25, 0.3) is 0 Å². The van der Waals surface area contributed by atoms with E-state index in [1.807, 2.05) is 0 Å². The van der Waals surface area contributed by atoms with Gasteiger partial charge in [-0.25, -0.2) is 10.4 Å². The Kier molecular flexibility index (Phi) is 4.94. The van der Waals surface area contributed by atoms with E-state index in [0.29, 0.717) is 6.17 Å². The van der Waals surface area contributed by atoms with E-state index in [9.17, 15) is 0 Å². The molecule has 0 spiro atoms. The molecule has 20 heavy (non-hydrogen) atoms. The third kappa shape index (κ3) is 3.52. The molecule has 116 valence electrons. The molecule has 3 aliphatic rings. The normalized spacial score (nSPS) is 35.1. The predicted molar refractivity (Wildman–Crippen MR) is 82.5 cm³/mol. The molecular weight excluding hydrogens is 250 g/mol. The quantitative estimate of drug-likeness (QED) is 0.797. The minimum absolute atomic E-state index is 0.572. The summed E-state index contributed by atoms with van der Waals surface area (Å²) in [6, 6.07) is 0.801. The van der Waals surface area contributed by atoms with Crippen LogP contribution in [0.1, 0.15) is 25.7 Å². The molecule has 0 aliphatic carbocycles. The first-order chi connectivity index (χ1) is 9.72. The maximum Gasteiger partial charge on any atom is 0.0729 e. The number of piperazine rings is 1. The van der Waals surface area contributed by atoms with E-state index in [2.05, 4.69) is 39.2 Å². The van der Waals surface area contributed by atoms with Crippen LogP contribution < -0.4 is 5.43 Å². The first-order valence-electron chi connectivity index (χ1n) is 8.36. The molecule has 5 nitrogen and oxygen atoms in total. The molecule has 1 N–H and O–H groups in total. The van der Waals surface area contributed by atoms with Crippen molar-refractivity contribution in [3.8, 4) is 0 Å². The summed E-state index contributed by atoms with van der Waals surface area (Å²) in [6.45, 7) is 8.57. The molecule has 5 heteroatoms. The van der Waals surface area contributed by atoms with Gasteiger partial charge >= 0.3 is 0 Å². The number of rotatable bonds is 4. The van der Waals surface area contributed by atoms with Gasteiger partial charge in [0.25, 0.3) is 0 Å². The Morgan fingerprint density at radius 3 is 2.15 bits per heavy atom. The van der Waals surface area contributed by atoms with Crippen LogP contribution in [-0.2, 0) is 0 Å². The predicted octanol–water partition coefficient (Wildman–Crippen LogP) is 0.255. The van der Waals surface area contributed by atoms with E-state index in [0.717, 1.165) is 6.04 Å². The number of hydrazine groups is 1. The molecule has 3 rings (SSSR count). The highest BCUT2D eigenvalue weighted by atomic mass is 15.6. The number of likely N-dealkylation sites (N-methyl/N-ethyl adjacent to an activating group) is 1. The second-order valence-electron chi connectivity index (χ2n) is 6.83. The summed E-state index contributed by atoms with van der Waals surface area (Å²) in [5, 5.41) is 2.45. The summed E-state index contributed by atoms with van der Waals surface area (Å²) < 4.78 is 0. The third-order valence-electron chi connectivity index (χ3n) is 5.36. The van der Waals surface area contributed by atoms with E-state index < -0.39 is 0 Å². The van der Waals surface area contributed by atoms with Crippen molar-refractivity contribution in [3.05, 3.63) is 0 Å². The lowest BCUT2D eigenvalue weighted by atomic mass is 10.2. The van der Waals surface area contributed by atoms with Crippen molar-refractivity contribution in [2.45, 2.75) is 37.9 Å². The lowest BCUT2D eigenvalue weighted by Crippen LogP contribution is -2.57. The number of likely N-dealkylation sites (tertiary alicyclic amines) is 2. The highest BCUT2D eigenvalue weighted by molar-refractivity contribution is 4.82. The maximum atomic E-state index is 3.71. The van der Waals surface area contributed by atoms with Crippen LogP contribution in [-0.4, -0.2) is 91.8 Å². The summed E-state index contributed by atoms with van der Waals surface area (Å²) in [4.78, 5) is 7.64. The second-order valence-corrected chi connectivity index (χ2v) is 6.83. The Hall–Kier alpha value is -0.200. The molecule has 0 unspecified atom stereocenters. The molecule has 3 heterocycles. The molecule has 0 saturated carbocycles. The van der Waals surface area contributed by atoms with Crippen molar-refractivity contribution in [1.29, 1.82) is 0 Å². The molecule has 0 amide bonds. The van der Waals surface area contributed by atoms with Gasteiger partial charge in [-0.3, -0.25) is 9.80 Å². The Morgan fingerprint density at radius 1 is 0.850 bits per heavy atom. The number of hydrogen-bond donors (Lipinski definition) is 1. The highest BCUT2D eigenvalue weighted by Gasteiger charge is 2.27. The lowest BCUT2D eigenvalue weighted by Gasteiger charge is -2.39. The Bertz CT molecular complexity index is 273. The van der Waals surface area contributed by atoms with Gasteiger partial charge < -0.3 is 4.90 Å². The van der Waals surface area contributed by atoms with Crippen molar-refractivity contribution in [2.24, 2.45) is 0 Å². The SMILES string of the molecule is CN1CCC[C@H]1CN1CCN(N[C@@H]2CCCN2C)CC1. The maximum absolute atomic E-state index is 3.71. The fourth-order valence-electron chi connectivity index (χ4n) is 3.85. The van der Waals surface area contributed by atoms with E-state index in [4.69, 9.17) is 0 Å². The van der Waals surface area contributed by atoms with E-state index in [1.54, 1.807) is 0 Å². The zero-order valence-electron chi connectivity index (χ0n) is 13.2. The van der Waals surface area contributed by atoms with Gasteiger partial charge in [-0.2, -0.15) is 0 Å². The zero-order valence-corrected chi connectivity index (χ0v) is 13.2. The number of nitrogens with zero attached hydrogens (tertiary/aromatic N) is 4. The molecular formula is C15H31N5. The van der Waals surface area contributed by atoms with E-state index >= 15 is 0 Å². The fraction of sp³-hybridized carbons (Fsp3) is 1.00. The van der Waals surface area contributed by atoms with Gasteiger partial charge in [0, 0.05) is 38.8 Å². The largest absolute Gasteiger partial charge is 0.302 e. The van der Waals surface area contributed by atoms with Crippen LogP contribution in [0.5, 0.6) is 0 Å². The third-order valence-corrected chi connectivity index (χ3v) is 5.36. The monoisotopic (exact) mass is 281 g/mol. The molecule has 0 radical (unpaired) electrons. The highest BCUT2D eigenvalue weighted by Crippen LogP contribution is 2.17. The topological polar surface area (TPSA) is 25.0 Å². The minimum atomic E-state index is 0.572. The Morgan fingerprint density at radius 2 is 1.55 bits per heavy atom. The van der Waals surface area contributed by atoms with Crippen LogP contribution >= 0.6 is 0 Å². The molecule has 0 aromatic rings. The first kappa shape index (κ1) is 14.7. The van der Waals surface area contributed by atoms with Crippen molar-refractivity contribution < 1.29 is 0 Å². The van der Waals surface area contributed by atoms with Gasteiger partial charge in [-0.1, -0.05) is 0 Å². The van der Waals surface area contributed by atoms with Crippen molar-refractivity contribution in [3.63, 3.8) is 0 Å². The van der Waals surface area contributed by atoms with Crippen molar-refractivity contribution >= 4 is 0 Å². The van der Waals surface area contributed by atoms with Crippen LogP contribution in [0.4, 0.5) is 0 Å². The van der Waals surface area contributed by atoms with Crippen LogP contribution in [0.3, 0.4) is 0 Å². The fourth-order valence-corrected chi connectivity index (χ4v) is 3.85. The summed E-state index contributed by atoms with van der Waals surface area (Å²) in [5.74, 6) is 0. The summed E-state index contributed by atoms with van der Waals surface area (Å²) in [7, 11) is 4.52. The van der Waals surface area contributed by atoms with Gasteiger partial charge in [0.05, 0.1) is 6.17 Å². The minimum Gasteiger partial charge on any atom is -0.302 e. The first-order valence-corrected chi connectivity index (χ1v) is 8.36. The molecule has 3 fully saturated rings. The number of nitrogens with one attached hydrogen (secondary N) is 1. The molecule has 3 aliphatic heterocycles. The van der Waals surface area contributed by atoms with Gasteiger partial charge in [0.1, 0.15) is 0 Å². The van der Waals surface area contributed by atoms with Gasteiger partial charge in [-0.15, -0.1) is 0 Å². The Balaban J connectivity index is 1.38. The van der Waals surface area contributed by atoms with Crippen LogP contribution in [0.15, 0.2) is 0 Å². The summed E-state index contributed by atoms with van der Waals surface area (Å²) in [5.41, 5.74) is 3.71. The van der Waals surface area contributed by atoms with Crippen LogP contribution in [0.2, 0.25) is 0 Å². The molecule has 2 atom stereocenters. The zero-order chi connectivity index (χ0) is 13.9. The average molecular weight is 281 g/mol. The lowest BCUT2D eigenvalue weighted by molar-refractivity contribution is 0.0410. The molecule has 0 bridgehead atoms. The molecule has 3 saturated heterocycles. The van der Waals surface area contributed by atoms with E-state index in [1.165, 1.54) is 71.5 Å². The smallest absolute Gasteiger partial charge is 0.0729 e. The number of hydrogen-bond acceptors (Lipinski definition) is 5. The molecule has 0 aromatic carbocycles. The van der Waals surface area contributed by atoms with Gasteiger partial charge in [-0.05, 0) is 52.9 Å². The van der Waals surface area contributed by atoms with Crippen molar-refractivity contribution in [2.75, 3.05) is 59.9 Å². The summed E-state index contributed by atoms with van der Waals surface area (Å²) in [6.07, 6.45) is 5.98. The summed E-state index contributed by atoms with van der Waals surface area (Å²) >= 11 is 0.